The Hall–Kier alpha value is -2.29. The maximum Gasteiger partial charge on any atom is 0.260 e. The number of nitrogens with one attached hydrogen (secondary N) is 1. The molecule has 2 aromatic rings. The largest absolute Gasteiger partial charge is 0.481 e. The Kier molecular flexibility index (Phi) is 6.01. The van der Waals surface area contributed by atoms with Gasteiger partial charge in [-0.3, -0.25) is 4.79 Å². The van der Waals surface area contributed by atoms with Gasteiger partial charge in [-0.25, -0.2) is 0 Å². The molecule has 116 valence electrons. The normalized spacial score (nSPS) is 11.7. The molecule has 22 heavy (non-hydrogen) atoms. The number of carbonyl (C=O) groups excluding carboxylic acids is 1. The lowest BCUT2D eigenvalue weighted by molar-refractivity contribution is -0.127. The Labute approximate surface area is 132 Å². The topological polar surface area (TPSA) is 38.3 Å². The second-order valence-electron chi connectivity index (χ2n) is 5.41. The molecule has 1 atom stereocenters. The number of carbonyl (C=O) groups is 1. The number of hydrogen-bond donors (Lipinski definition) is 1. The third-order valence-corrected chi connectivity index (χ3v) is 3.55. The van der Waals surface area contributed by atoms with Crippen molar-refractivity contribution in [2.75, 3.05) is 6.54 Å². The fourth-order valence-electron chi connectivity index (χ4n) is 2.23. The van der Waals surface area contributed by atoms with Gasteiger partial charge in [0, 0.05) is 6.54 Å². The Morgan fingerprint density at radius 1 is 1.09 bits per heavy atom. The molecule has 0 aliphatic rings. The number of hydrogen-bond acceptors (Lipinski definition) is 2. The van der Waals surface area contributed by atoms with Crippen LogP contribution in [-0.4, -0.2) is 18.6 Å². The van der Waals surface area contributed by atoms with Crippen LogP contribution in [0.3, 0.4) is 0 Å². The van der Waals surface area contributed by atoms with E-state index in [0.717, 1.165) is 24.2 Å². The fourth-order valence-corrected chi connectivity index (χ4v) is 2.23. The van der Waals surface area contributed by atoms with Crippen LogP contribution in [0, 0.1) is 6.92 Å². The lowest BCUT2D eigenvalue weighted by Gasteiger charge is -2.16. The number of aryl methyl sites for hydroxylation is 2. The van der Waals surface area contributed by atoms with Gasteiger partial charge in [-0.2, -0.15) is 0 Å². The van der Waals surface area contributed by atoms with E-state index in [0.29, 0.717) is 6.54 Å². The Morgan fingerprint density at radius 2 is 1.77 bits per heavy atom. The Morgan fingerprint density at radius 3 is 2.50 bits per heavy atom. The smallest absolute Gasteiger partial charge is 0.260 e. The van der Waals surface area contributed by atoms with E-state index >= 15 is 0 Å². The average molecular weight is 297 g/mol. The molecular weight excluding hydrogens is 274 g/mol. The summed E-state index contributed by atoms with van der Waals surface area (Å²) < 4.78 is 5.71. The summed E-state index contributed by atoms with van der Waals surface area (Å²) >= 11 is 0. The summed E-state index contributed by atoms with van der Waals surface area (Å²) in [5, 5.41) is 2.93. The first-order valence-corrected chi connectivity index (χ1v) is 7.71. The zero-order chi connectivity index (χ0) is 15.8. The van der Waals surface area contributed by atoms with Crippen molar-refractivity contribution in [1.29, 1.82) is 0 Å². The third-order valence-electron chi connectivity index (χ3n) is 3.55. The van der Waals surface area contributed by atoms with E-state index in [-0.39, 0.29) is 5.91 Å². The van der Waals surface area contributed by atoms with Crippen molar-refractivity contribution in [3.63, 3.8) is 0 Å². The molecule has 1 amide bonds. The van der Waals surface area contributed by atoms with E-state index in [1.807, 2.05) is 49.4 Å². The quantitative estimate of drug-likeness (QED) is 0.794. The first kappa shape index (κ1) is 16.1. The molecule has 0 bridgehead atoms. The summed E-state index contributed by atoms with van der Waals surface area (Å²) in [7, 11) is 0. The van der Waals surface area contributed by atoms with Crippen molar-refractivity contribution in [3.05, 3.63) is 65.7 Å². The van der Waals surface area contributed by atoms with E-state index in [9.17, 15) is 4.79 Å². The molecule has 0 aromatic heterocycles. The van der Waals surface area contributed by atoms with Crippen molar-refractivity contribution < 1.29 is 9.53 Å². The van der Waals surface area contributed by atoms with Gasteiger partial charge in [0.15, 0.2) is 6.10 Å². The zero-order valence-electron chi connectivity index (χ0n) is 13.2. The number of para-hydroxylation sites is 1. The van der Waals surface area contributed by atoms with Crippen LogP contribution in [0.2, 0.25) is 0 Å². The minimum atomic E-state index is -0.488. The number of benzene rings is 2. The minimum Gasteiger partial charge on any atom is -0.481 e. The van der Waals surface area contributed by atoms with Gasteiger partial charge in [0.1, 0.15) is 5.75 Å². The molecule has 0 saturated carbocycles. The third kappa shape index (κ3) is 4.92. The minimum absolute atomic E-state index is 0.0729. The summed E-state index contributed by atoms with van der Waals surface area (Å²) in [6, 6.07) is 18.0. The maximum absolute atomic E-state index is 12.0. The van der Waals surface area contributed by atoms with Crippen LogP contribution < -0.4 is 10.1 Å². The van der Waals surface area contributed by atoms with Gasteiger partial charge < -0.3 is 10.1 Å². The summed E-state index contributed by atoms with van der Waals surface area (Å²) in [5.74, 6) is 0.686. The van der Waals surface area contributed by atoms with Gasteiger partial charge in [0.05, 0.1) is 0 Å². The fraction of sp³-hybridized carbons (Fsp3) is 0.316. The second-order valence-corrected chi connectivity index (χ2v) is 5.41. The molecular formula is C19H23NO2. The molecule has 2 rings (SSSR count). The maximum atomic E-state index is 12.0. The van der Waals surface area contributed by atoms with Crippen LogP contribution in [0.25, 0.3) is 0 Å². The summed E-state index contributed by atoms with van der Waals surface area (Å²) in [5.41, 5.74) is 2.33. The van der Waals surface area contributed by atoms with Crippen LogP contribution in [0.5, 0.6) is 5.75 Å². The van der Waals surface area contributed by atoms with Crippen molar-refractivity contribution in [3.8, 4) is 5.75 Å². The standard InChI is InChI=1S/C19H23NO2/c1-15-9-6-7-13-18(15)22-16(2)19(21)20-14-8-12-17-10-4-3-5-11-17/h3-7,9-11,13,16H,8,12,14H2,1-2H3,(H,20,21)/t16-/m0/s1. The van der Waals surface area contributed by atoms with Crippen LogP contribution in [-0.2, 0) is 11.2 Å². The first-order valence-electron chi connectivity index (χ1n) is 7.71. The van der Waals surface area contributed by atoms with Crippen LogP contribution >= 0.6 is 0 Å². The highest BCUT2D eigenvalue weighted by Gasteiger charge is 2.14. The lowest BCUT2D eigenvalue weighted by atomic mass is 10.1. The first-order chi connectivity index (χ1) is 10.7. The summed E-state index contributed by atoms with van der Waals surface area (Å²) in [6.45, 7) is 4.41. The molecule has 0 aliphatic heterocycles. The monoisotopic (exact) mass is 297 g/mol. The molecule has 0 fully saturated rings. The highest BCUT2D eigenvalue weighted by molar-refractivity contribution is 5.80. The molecule has 0 saturated heterocycles. The molecule has 1 N–H and O–H groups in total. The zero-order valence-corrected chi connectivity index (χ0v) is 13.2. The molecule has 0 radical (unpaired) electrons. The van der Waals surface area contributed by atoms with Gasteiger partial charge in [0.25, 0.3) is 5.91 Å². The number of rotatable bonds is 7. The predicted molar refractivity (Wildman–Crippen MR) is 89.0 cm³/mol. The van der Waals surface area contributed by atoms with Gasteiger partial charge in [0.2, 0.25) is 0 Å². The molecule has 0 unspecified atom stereocenters. The number of amides is 1. The average Bonchev–Trinajstić information content (AvgIpc) is 2.54. The van der Waals surface area contributed by atoms with Gasteiger partial charge in [-0.05, 0) is 43.9 Å². The van der Waals surface area contributed by atoms with Gasteiger partial charge >= 0.3 is 0 Å². The molecule has 0 spiro atoms. The summed E-state index contributed by atoms with van der Waals surface area (Å²) in [6.07, 6.45) is 1.40. The van der Waals surface area contributed by atoms with Crippen molar-refractivity contribution in [2.24, 2.45) is 0 Å². The number of ether oxygens (including phenoxy) is 1. The SMILES string of the molecule is Cc1ccccc1O[C@@H](C)C(=O)NCCCc1ccccc1. The molecule has 2 aromatic carbocycles. The molecule has 0 aliphatic carbocycles. The highest BCUT2D eigenvalue weighted by Crippen LogP contribution is 2.17. The van der Waals surface area contributed by atoms with Crippen LogP contribution in [0.1, 0.15) is 24.5 Å². The van der Waals surface area contributed by atoms with E-state index < -0.39 is 6.10 Å². The van der Waals surface area contributed by atoms with Crippen molar-refractivity contribution in [2.45, 2.75) is 32.8 Å². The molecule has 0 heterocycles. The van der Waals surface area contributed by atoms with Crippen molar-refractivity contribution in [1.82, 2.24) is 5.32 Å². The van der Waals surface area contributed by atoms with Crippen LogP contribution in [0.15, 0.2) is 54.6 Å². The van der Waals surface area contributed by atoms with E-state index in [1.54, 1.807) is 6.92 Å². The van der Waals surface area contributed by atoms with Crippen molar-refractivity contribution >= 4 is 5.91 Å². The predicted octanol–water partition coefficient (Wildman–Crippen LogP) is 3.51. The Balaban J connectivity index is 1.71. The Bertz CT molecular complexity index is 595. The van der Waals surface area contributed by atoms with Crippen LogP contribution in [0.4, 0.5) is 0 Å². The lowest BCUT2D eigenvalue weighted by Crippen LogP contribution is -2.37. The summed E-state index contributed by atoms with van der Waals surface area (Å²) in [4.78, 5) is 12.0. The van der Waals surface area contributed by atoms with E-state index in [2.05, 4.69) is 17.4 Å². The highest BCUT2D eigenvalue weighted by atomic mass is 16.5. The second kappa shape index (κ2) is 8.23. The molecule has 3 nitrogen and oxygen atoms in total. The van der Waals surface area contributed by atoms with E-state index in [1.165, 1.54) is 5.56 Å². The van der Waals surface area contributed by atoms with E-state index in [4.69, 9.17) is 4.74 Å². The van der Waals surface area contributed by atoms with Gasteiger partial charge in [-0.15, -0.1) is 0 Å². The molecule has 3 heteroatoms. The van der Waals surface area contributed by atoms with Gasteiger partial charge in [-0.1, -0.05) is 48.5 Å².